The van der Waals surface area contributed by atoms with E-state index in [1.165, 1.54) is 18.4 Å². The molecule has 0 atom stereocenters. The Morgan fingerprint density at radius 1 is 1.24 bits per heavy atom. The molecule has 1 aliphatic carbocycles. The summed E-state index contributed by atoms with van der Waals surface area (Å²) in [5.74, 6) is -0.136. The van der Waals surface area contributed by atoms with Gasteiger partial charge < -0.3 is 10.6 Å². The molecule has 1 heterocycles. The Kier molecular flexibility index (Phi) is 2.58. The molecular weight excluding hydrogens is 215 g/mol. The van der Waals surface area contributed by atoms with Gasteiger partial charge >= 0.3 is 0 Å². The molecule has 1 saturated carbocycles. The zero-order valence-electron chi connectivity index (χ0n) is 10.1. The van der Waals surface area contributed by atoms with Gasteiger partial charge in [0.2, 0.25) is 0 Å². The van der Waals surface area contributed by atoms with Crippen molar-refractivity contribution in [1.82, 2.24) is 0 Å². The number of benzene rings is 1. The molecule has 2 nitrogen and oxygen atoms in total. The SMILES string of the molecule is NCC1(c2ccc(F)cc2N2CCCC2)CC1. The summed E-state index contributed by atoms with van der Waals surface area (Å²) in [7, 11) is 0. The number of halogens is 1. The molecule has 2 aliphatic rings. The minimum atomic E-state index is -0.136. The molecule has 1 saturated heterocycles. The summed E-state index contributed by atoms with van der Waals surface area (Å²) in [4.78, 5) is 2.31. The highest BCUT2D eigenvalue weighted by atomic mass is 19.1. The van der Waals surface area contributed by atoms with E-state index in [0.717, 1.165) is 31.6 Å². The topological polar surface area (TPSA) is 29.3 Å². The van der Waals surface area contributed by atoms with Crippen LogP contribution in [0.3, 0.4) is 0 Å². The average molecular weight is 234 g/mol. The second-order valence-electron chi connectivity index (χ2n) is 5.34. The molecule has 17 heavy (non-hydrogen) atoms. The Labute approximate surface area is 102 Å². The van der Waals surface area contributed by atoms with Crippen molar-refractivity contribution in [3.63, 3.8) is 0 Å². The monoisotopic (exact) mass is 234 g/mol. The van der Waals surface area contributed by atoms with Gasteiger partial charge in [-0.2, -0.15) is 0 Å². The summed E-state index contributed by atoms with van der Waals surface area (Å²) in [5, 5.41) is 0. The molecule has 0 bridgehead atoms. The second kappa shape index (κ2) is 3.98. The zero-order chi connectivity index (χ0) is 11.9. The van der Waals surface area contributed by atoms with Gasteiger partial charge in [0, 0.05) is 30.7 Å². The fraction of sp³-hybridized carbons (Fsp3) is 0.571. The van der Waals surface area contributed by atoms with Gasteiger partial charge in [-0.25, -0.2) is 4.39 Å². The summed E-state index contributed by atoms with van der Waals surface area (Å²) in [5.41, 5.74) is 8.39. The largest absolute Gasteiger partial charge is 0.371 e. The maximum atomic E-state index is 13.5. The number of hydrogen-bond acceptors (Lipinski definition) is 2. The van der Waals surface area contributed by atoms with Crippen LogP contribution in [0.25, 0.3) is 0 Å². The van der Waals surface area contributed by atoms with Crippen LogP contribution in [0.4, 0.5) is 10.1 Å². The van der Waals surface area contributed by atoms with E-state index in [-0.39, 0.29) is 11.2 Å². The van der Waals surface area contributed by atoms with Crippen LogP contribution in [0.1, 0.15) is 31.2 Å². The van der Waals surface area contributed by atoms with E-state index in [2.05, 4.69) is 4.90 Å². The van der Waals surface area contributed by atoms with Crippen molar-refractivity contribution in [2.24, 2.45) is 5.73 Å². The van der Waals surface area contributed by atoms with Crippen LogP contribution in [-0.2, 0) is 5.41 Å². The molecule has 0 spiro atoms. The fourth-order valence-corrected chi connectivity index (χ4v) is 2.91. The van der Waals surface area contributed by atoms with Gasteiger partial charge in [0.25, 0.3) is 0 Å². The van der Waals surface area contributed by atoms with Crippen LogP contribution >= 0.6 is 0 Å². The maximum absolute atomic E-state index is 13.5. The zero-order valence-corrected chi connectivity index (χ0v) is 10.1. The highest BCUT2D eigenvalue weighted by Gasteiger charge is 2.45. The molecule has 0 radical (unpaired) electrons. The quantitative estimate of drug-likeness (QED) is 0.870. The molecule has 0 amide bonds. The third kappa shape index (κ3) is 1.82. The lowest BCUT2D eigenvalue weighted by Crippen LogP contribution is -2.26. The number of hydrogen-bond donors (Lipinski definition) is 1. The Hall–Kier alpha value is -1.09. The van der Waals surface area contributed by atoms with Crippen LogP contribution in [-0.4, -0.2) is 19.6 Å². The predicted molar refractivity (Wildman–Crippen MR) is 67.8 cm³/mol. The summed E-state index contributed by atoms with van der Waals surface area (Å²) in [6, 6.07) is 5.21. The minimum Gasteiger partial charge on any atom is -0.371 e. The maximum Gasteiger partial charge on any atom is 0.125 e. The van der Waals surface area contributed by atoms with Crippen molar-refractivity contribution < 1.29 is 4.39 Å². The van der Waals surface area contributed by atoms with Gasteiger partial charge in [-0.1, -0.05) is 6.07 Å². The number of rotatable bonds is 3. The summed E-state index contributed by atoms with van der Waals surface area (Å²) in [6.45, 7) is 2.79. The van der Waals surface area contributed by atoms with E-state index in [1.807, 2.05) is 6.07 Å². The third-order valence-electron chi connectivity index (χ3n) is 4.22. The Morgan fingerprint density at radius 3 is 2.53 bits per heavy atom. The number of anilines is 1. The minimum absolute atomic E-state index is 0.136. The third-order valence-corrected chi connectivity index (χ3v) is 4.22. The lowest BCUT2D eigenvalue weighted by atomic mass is 9.93. The predicted octanol–water partition coefficient (Wildman–Crippen LogP) is 2.42. The van der Waals surface area contributed by atoms with Gasteiger partial charge in [-0.05, 0) is 43.4 Å². The lowest BCUT2D eigenvalue weighted by Gasteiger charge is -2.25. The Morgan fingerprint density at radius 2 is 1.94 bits per heavy atom. The van der Waals surface area contributed by atoms with Crippen LogP contribution in [0.15, 0.2) is 18.2 Å². The first kappa shape index (κ1) is 11.0. The number of nitrogens with zero attached hydrogens (tertiary/aromatic N) is 1. The summed E-state index contributed by atoms with van der Waals surface area (Å²) < 4.78 is 13.5. The van der Waals surface area contributed by atoms with Crippen molar-refractivity contribution in [2.75, 3.05) is 24.5 Å². The molecule has 92 valence electrons. The van der Waals surface area contributed by atoms with Gasteiger partial charge in [-0.15, -0.1) is 0 Å². The molecule has 1 aromatic carbocycles. The van der Waals surface area contributed by atoms with Crippen molar-refractivity contribution in [2.45, 2.75) is 31.1 Å². The molecule has 0 aromatic heterocycles. The molecule has 1 aliphatic heterocycles. The summed E-state index contributed by atoms with van der Waals surface area (Å²) in [6.07, 6.45) is 4.73. The van der Waals surface area contributed by atoms with E-state index < -0.39 is 0 Å². The normalized spacial score (nSPS) is 21.9. The fourth-order valence-electron chi connectivity index (χ4n) is 2.91. The lowest BCUT2D eigenvalue weighted by molar-refractivity contribution is 0.622. The molecule has 2 fully saturated rings. The van der Waals surface area contributed by atoms with E-state index in [1.54, 1.807) is 12.1 Å². The van der Waals surface area contributed by atoms with Gasteiger partial charge in [0.05, 0.1) is 0 Å². The van der Waals surface area contributed by atoms with Crippen molar-refractivity contribution in [3.8, 4) is 0 Å². The Bertz CT molecular complexity index is 420. The first-order valence-electron chi connectivity index (χ1n) is 6.50. The molecule has 1 aromatic rings. The molecule has 3 rings (SSSR count). The van der Waals surface area contributed by atoms with E-state index >= 15 is 0 Å². The van der Waals surface area contributed by atoms with E-state index in [9.17, 15) is 4.39 Å². The average Bonchev–Trinajstić information content (AvgIpc) is 2.95. The molecule has 3 heteroatoms. The van der Waals surface area contributed by atoms with Crippen molar-refractivity contribution in [1.29, 1.82) is 0 Å². The highest BCUT2D eigenvalue weighted by molar-refractivity contribution is 5.59. The molecular formula is C14H19FN2. The van der Waals surface area contributed by atoms with Crippen LogP contribution in [0, 0.1) is 5.82 Å². The first-order valence-corrected chi connectivity index (χ1v) is 6.50. The second-order valence-corrected chi connectivity index (χ2v) is 5.34. The van der Waals surface area contributed by atoms with E-state index in [0.29, 0.717) is 6.54 Å². The van der Waals surface area contributed by atoms with Crippen LogP contribution in [0.2, 0.25) is 0 Å². The van der Waals surface area contributed by atoms with Gasteiger partial charge in [0.15, 0.2) is 0 Å². The Balaban J connectivity index is 2.02. The van der Waals surface area contributed by atoms with Crippen molar-refractivity contribution in [3.05, 3.63) is 29.6 Å². The first-order chi connectivity index (χ1) is 8.25. The van der Waals surface area contributed by atoms with Gasteiger partial charge in [-0.3, -0.25) is 0 Å². The smallest absolute Gasteiger partial charge is 0.125 e. The molecule has 2 N–H and O–H groups in total. The van der Waals surface area contributed by atoms with Gasteiger partial charge in [0.1, 0.15) is 5.82 Å². The van der Waals surface area contributed by atoms with E-state index in [4.69, 9.17) is 5.73 Å². The summed E-state index contributed by atoms with van der Waals surface area (Å²) >= 11 is 0. The molecule has 0 unspecified atom stereocenters. The standard InChI is InChI=1S/C14H19FN2/c15-11-3-4-12(14(10-16)5-6-14)13(9-11)17-7-1-2-8-17/h3-4,9H,1-2,5-8,10,16H2. The number of nitrogens with two attached hydrogens (primary N) is 1. The van der Waals surface area contributed by atoms with Crippen LogP contribution < -0.4 is 10.6 Å². The van der Waals surface area contributed by atoms with Crippen LogP contribution in [0.5, 0.6) is 0 Å². The highest BCUT2D eigenvalue weighted by Crippen LogP contribution is 2.50. The van der Waals surface area contributed by atoms with Crippen molar-refractivity contribution >= 4 is 5.69 Å².